The molecule has 0 radical (unpaired) electrons. The Labute approximate surface area is 352 Å². The topological polar surface area (TPSA) is 270 Å². The molecule has 18 nitrogen and oxygen atoms in total. The number of amides is 4. The number of aromatic amines is 1. The number of methoxy groups -OCH3 is 1. The summed E-state index contributed by atoms with van der Waals surface area (Å²) in [5, 5.41) is 5.41. The third-order valence-corrected chi connectivity index (χ3v) is 10.4. The van der Waals surface area contributed by atoms with E-state index in [1.807, 2.05) is 32.0 Å². The number of phosphoric ester groups is 1. The number of phosphoric acid groups is 1. The van der Waals surface area contributed by atoms with Gasteiger partial charge < -0.3 is 45.5 Å². The van der Waals surface area contributed by atoms with Crippen LogP contribution in [0.15, 0.2) is 42.9 Å². The summed E-state index contributed by atoms with van der Waals surface area (Å²) in [6.45, 7) is 7.27. The molecule has 0 fully saturated rings. The van der Waals surface area contributed by atoms with Crippen molar-refractivity contribution in [3.05, 3.63) is 54.1 Å². The molecule has 0 unspecified atom stereocenters. The Hall–Kier alpha value is -4.32. The number of aryl methyl sites for hydroxylation is 1. The van der Waals surface area contributed by atoms with Crippen molar-refractivity contribution < 1.29 is 57.1 Å². The largest absolute Gasteiger partial charge is 0.469 e. The van der Waals surface area contributed by atoms with E-state index >= 15 is 0 Å². The molecule has 60 heavy (non-hydrogen) atoms. The maximum atomic E-state index is 14.0. The Kier molecular flexibility index (Phi) is 23.8. The number of ether oxygens (including phenoxy) is 2. The molecule has 5 atom stereocenters. The number of benzene rings is 1. The molecule has 7 N–H and O–H groups in total. The van der Waals surface area contributed by atoms with Crippen LogP contribution in [-0.2, 0) is 60.2 Å². The zero-order chi connectivity index (χ0) is 44.7. The quantitative estimate of drug-likeness (QED) is 0.0457. The van der Waals surface area contributed by atoms with Gasteiger partial charge in [0.1, 0.15) is 0 Å². The molecule has 0 aliphatic carbocycles. The van der Waals surface area contributed by atoms with Crippen molar-refractivity contribution >= 4 is 43.0 Å². The van der Waals surface area contributed by atoms with Crippen molar-refractivity contribution in [2.24, 2.45) is 23.5 Å². The van der Waals surface area contributed by atoms with Crippen molar-refractivity contribution in [2.75, 3.05) is 40.0 Å². The zero-order valence-electron chi connectivity index (χ0n) is 35.5. The smallest absolute Gasteiger partial charge is 0.382 e. The van der Waals surface area contributed by atoms with Crippen LogP contribution in [-0.4, -0.2) is 118 Å². The molecule has 2 aromatic rings. The fourth-order valence-corrected chi connectivity index (χ4v) is 7.12. The number of hydrogen-bond acceptors (Lipinski definition) is 11. The van der Waals surface area contributed by atoms with Crippen molar-refractivity contribution in [3.63, 3.8) is 0 Å². The van der Waals surface area contributed by atoms with Gasteiger partial charge in [-0.1, -0.05) is 57.0 Å². The summed E-state index contributed by atoms with van der Waals surface area (Å²) < 4.78 is 26.4. The molecule has 0 aliphatic rings. The number of aromatic nitrogens is 2. The van der Waals surface area contributed by atoms with Crippen molar-refractivity contribution in [2.45, 2.75) is 110 Å². The van der Waals surface area contributed by atoms with Crippen molar-refractivity contribution in [1.82, 2.24) is 25.5 Å². The SMILES string of the molecule is COCCOCCC(=O)N(CCCCCCc1ccccc1)CC(=O)N[C@@H](CC(C)C)C(=O)C[C@@H](Cc1cnc[nH]1)C(=O)N[C@@H](C)C(=O)C[C@H](C(N)=O)[C@@H](C)OP(=O)(O)O. The number of carbonyl (C=O) groups is 6. The van der Waals surface area contributed by atoms with E-state index in [1.165, 1.54) is 36.8 Å². The molecule has 1 aromatic carbocycles. The number of H-pyrrole nitrogens is 1. The van der Waals surface area contributed by atoms with Crippen LogP contribution in [0.1, 0.15) is 90.3 Å². The maximum absolute atomic E-state index is 14.0. The Balaban J connectivity index is 2.15. The van der Waals surface area contributed by atoms with Crippen molar-refractivity contribution in [1.29, 1.82) is 0 Å². The summed E-state index contributed by atoms with van der Waals surface area (Å²) in [5.41, 5.74) is 7.19. The van der Waals surface area contributed by atoms with Crippen LogP contribution in [0.4, 0.5) is 0 Å². The molecule has 1 heterocycles. The Morgan fingerprint density at radius 3 is 2.23 bits per heavy atom. The van der Waals surface area contributed by atoms with E-state index in [2.05, 4.69) is 37.3 Å². The summed E-state index contributed by atoms with van der Waals surface area (Å²) in [5.74, 6) is -6.06. The van der Waals surface area contributed by atoms with Gasteiger partial charge >= 0.3 is 7.82 Å². The van der Waals surface area contributed by atoms with E-state index in [0.717, 1.165) is 25.7 Å². The number of unbranched alkanes of at least 4 members (excludes halogenated alkanes) is 3. The molecule has 19 heteroatoms. The van der Waals surface area contributed by atoms with E-state index in [4.69, 9.17) is 25.0 Å². The number of nitrogens with zero attached hydrogens (tertiary/aromatic N) is 2. The molecule has 4 amide bonds. The number of Topliss-reactive ketones (excluding diaryl/α,β-unsaturated/α-hetero) is 2. The molecule has 2 rings (SSSR count). The number of imidazole rings is 1. The van der Waals surface area contributed by atoms with Gasteiger partial charge in [-0.25, -0.2) is 9.55 Å². The van der Waals surface area contributed by atoms with Gasteiger partial charge in [-0.15, -0.1) is 0 Å². The third-order valence-electron chi connectivity index (χ3n) is 9.83. The summed E-state index contributed by atoms with van der Waals surface area (Å²) in [6, 6.07) is 8.01. The van der Waals surface area contributed by atoms with Gasteiger partial charge in [0, 0.05) is 44.8 Å². The number of primary amides is 1. The first-order valence-corrected chi connectivity index (χ1v) is 22.0. The number of rotatable bonds is 32. The second-order valence-corrected chi connectivity index (χ2v) is 16.6. The normalized spacial score (nSPS) is 14.1. The second kappa shape index (κ2) is 27.5. The number of ketones is 2. The lowest BCUT2D eigenvalue weighted by molar-refractivity contribution is -0.138. The van der Waals surface area contributed by atoms with E-state index in [9.17, 15) is 33.3 Å². The molecule has 0 saturated carbocycles. The van der Waals surface area contributed by atoms with E-state index < -0.39 is 73.6 Å². The molecule has 0 saturated heterocycles. The van der Waals surface area contributed by atoms with Crippen LogP contribution in [0.5, 0.6) is 0 Å². The fraction of sp³-hybridized carbons (Fsp3) is 0.634. The minimum Gasteiger partial charge on any atom is -0.382 e. The summed E-state index contributed by atoms with van der Waals surface area (Å²) in [4.78, 5) is 107. The van der Waals surface area contributed by atoms with E-state index in [-0.39, 0.29) is 50.7 Å². The Morgan fingerprint density at radius 1 is 0.917 bits per heavy atom. The second-order valence-electron chi connectivity index (χ2n) is 15.4. The van der Waals surface area contributed by atoms with Gasteiger partial charge in [0.15, 0.2) is 11.6 Å². The first-order valence-electron chi connectivity index (χ1n) is 20.4. The highest BCUT2D eigenvalue weighted by atomic mass is 31.2. The number of nitrogens with one attached hydrogen (secondary N) is 3. The lowest BCUT2D eigenvalue weighted by Crippen LogP contribution is -2.49. The third kappa shape index (κ3) is 21.3. The summed E-state index contributed by atoms with van der Waals surface area (Å²) in [6.07, 6.45) is 5.36. The number of hydrogen-bond donors (Lipinski definition) is 6. The molecule has 336 valence electrons. The van der Waals surface area contributed by atoms with Crippen LogP contribution in [0.3, 0.4) is 0 Å². The minimum absolute atomic E-state index is 0.0258. The first-order chi connectivity index (χ1) is 28.4. The van der Waals surface area contributed by atoms with Gasteiger partial charge in [-0.05, 0) is 51.0 Å². The van der Waals surface area contributed by atoms with Crippen LogP contribution >= 0.6 is 7.82 Å². The lowest BCUT2D eigenvalue weighted by Gasteiger charge is -2.26. The van der Waals surface area contributed by atoms with Gasteiger partial charge in [-0.3, -0.25) is 33.3 Å². The highest BCUT2D eigenvalue weighted by Crippen LogP contribution is 2.39. The summed E-state index contributed by atoms with van der Waals surface area (Å²) in [7, 11) is -3.45. The highest BCUT2D eigenvalue weighted by Gasteiger charge is 2.35. The Morgan fingerprint density at radius 2 is 1.62 bits per heavy atom. The molecule has 0 bridgehead atoms. The molecular formula is C41H65N6O12P. The van der Waals surface area contributed by atoms with Gasteiger partial charge in [0.25, 0.3) is 0 Å². The Bertz CT molecular complexity index is 1670. The van der Waals surface area contributed by atoms with Gasteiger partial charge in [0.2, 0.25) is 23.6 Å². The maximum Gasteiger partial charge on any atom is 0.469 e. The van der Waals surface area contributed by atoms with Crippen molar-refractivity contribution in [3.8, 4) is 0 Å². The standard InChI is InChI=1S/C41H65N6O12P/c1-28(2)21-35(46-38(50)26-47(39(51)16-18-58-20-19-57-5)17-12-7-6-9-13-31-14-10-8-11-15-31)37(49)23-32(22-33-25-43-27-44-33)41(53)45-29(3)36(48)24-34(40(42)52)30(4)59-60(54,55)56/h8,10-11,14-15,25,27-30,32,34-35H,6-7,9,12-13,16-24,26H2,1-5H3,(H2,42,52)(H,43,44)(H,45,53)(H,46,50)(H2,54,55,56)/t29-,30+,32+,34-,35-/m0/s1. The zero-order valence-corrected chi connectivity index (χ0v) is 36.4. The van der Waals surface area contributed by atoms with Gasteiger partial charge in [0.05, 0.1) is 69.1 Å². The van der Waals surface area contributed by atoms with Crippen LogP contribution in [0.2, 0.25) is 0 Å². The summed E-state index contributed by atoms with van der Waals surface area (Å²) >= 11 is 0. The van der Waals surface area contributed by atoms with Crippen LogP contribution in [0.25, 0.3) is 0 Å². The monoisotopic (exact) mass is 864 g/mol. The average Bonchev–Trinajstić information content (AvgIpc) is 3.69. The number of nitrogens with two attached hydrogens (primary N) is 1. The molecule has 1 aromatic heterocycles. The lowest BCUT2D eigenvalue weighted by atomic mass is 9.89. The molecular weight excluding hydrogens is 799 g/mol. The van der Waals surface area contributed by atoms with Crippen LogP contribution in [0, 0.1) is 17.8 Å². The van der Waals surface area contributed by atoms with Gasteiger partial charge in [-0.2, -0.15) is 0 Å². The van der Waals surface area contributed by atoms with Crippen LogP contribution < -0.4 is 16.4 Å². The van der Waals surface area contributed by atoms with E-state index in [0.29, 0.717) is 31.9 Å². The predicted octanol–water partition coefficient (Wildman–Crippen LogP) is 2.81. The van der Waals surface area contributed by atoms with E-state index in [1.54, 1.807) is 7.11 Å². The fourth-order valence-electron chi connectivity index (χ4n) is 6.54. The number of carbonyl (C=O) groups excluding carboxylic acids is 6. The predicted molar refractivity (Wildman–Crippen MR) is 222 cm³/mol. The minimum atomic E-state index is -5.00. The average molecular weight is 865 g/mol. The molecule has 0 aliphatic heterocycles. The molecule has 0 spiro atoms. The first kappa shape index (κ1) is 51.8. The highest BCUT2D eigenvalue weighted by molar-refractivity contribution is 7.46.